The Hall–Kier alpha value is -3.90. The smallest absolute Gasteiger partial charge is 0.243 e. The second kappa shape index (κ2) is 14.7. The van der Waals surface area contributed by atoms with Crippen LogP contribution in [0.15, 0.2) is 65.6 Å². The van der Waals surface area contributed by atoms with Crippen LogP contribution in [0.25, 0.3) is 11.1 Å². The highest BCUT2D eigenvalue weighted by molar-refractivity contribution is 7.89. The monoisotopic (exact) mass is 672 g/mol. The van der Waals surface area contributed by atoms with Crippen LogP contribution in [-0.4, -0.2) is 69.6 Å². The molecule has 0 radical (unpaired) electrons. The molecule has 0 aromatic heterocycles. The van der Waals surface area contributed by atoms with Crippen molar-refractivity contribution >= 4 is 38.9 Å². The summed E-state index contributed by atoms with van der Waals surface area (Å²) >= 11 is 0. The molecule has 4 N–H and O–H groups in total. The quantitative estimate of drug-likeness (QED) is 0.263. The van der Waals surface area contributed by atoms with Crippen molar-refractivity contribution in [1.29, 1.82) is 0 Å². The van der Waals surface area contributed by atoms with E-state index in [1.807, 2.05) is 37.3 Å². The number of amides is 1. The normalized spacial score (nSPS) is 20.5. The van der Waals surface area contributed by atoms with Crippen molar-refractivity contribution in [2.75, 3.05) is 50.0 Å². The number of rotatable bonds is 11. The molecule has 3 aromatic rings. The Kier molecular flexibility index (Phi) is 10.4. The van der Waals surface area contributed by atoms with Gasteiger partial charge in [-0.25, -0.2) is 8.42 Å². The van der Waals surface area contributed by atoms with Crippen molar-refractivity contribution in [1.82, 2.24) is 4.31 Å². The first-order valence-electron chi connectivity index (χ1n) is 16.8. The number of ether oxygens (including phenoxy) is 1. The van der Waals surface area contributed by atoms with Gasteiger partial charge in [0.05, 0.1) is 24.7 Å². The average molecular weight is 673 g/mol. The number of Topliss-reactive ketones (excluding diaryl/α,β-unsaturated/α-hetero) is 2. The standard InChI is InChI=1S/C37H44N4O6S/c1-24-2-12-31(48(45,46)41-14-16-47-17-15-41)21-33(24)27-7-3-25(4-8-27)18-29(19-35(42)28-9-5-26(22-38)6-10-28)37(44)40-30-11-13-32-34(20-30)39-23-36(32)43/h2-4,7-8,11-13,20-21,26,28-29,39H,5-6,9-10,14-19,22-23,38H2,1H3,(H,40,44)/t26?,28?,29-/m1/s1. The molecule has 1 atom stereocenters. The topological polar surface area (TPSA) is 148 Å². The van der Waals surface area contributed by atoms with E-state index in [0.717, 1.165) is 47.9 Å². The molecule has 0 spiro atoms. The summed E-state index contributed by atoms with van der Waals surface area (Å²) in [7, 11) is -3.65. The van der Waals surface area contributed by atoms with Crippen molar-refractivity contribution in [3.63, 3.8) is 0 Å². The van der Waals surface area contributed by atoms with Crippen LogP contribution in [0.3, 0.4) is 0 Å². The lowest BCUT2D eigenvalue weighted by molar-refractivity contribution is -0.129. The predicted molar refractivity (Wildman–Crippen MR) is 185 cm³/mol. The van der Waals surface area contributed by atoms with Crippen LogP contribution in [0.1, 0.15) is 53.6 Å². The number of nitrogens with two attached hydrogens (primary N) is 1. The van der Waals surface area contributed by atoms with Crippen molar-refractivity contribution in [3.05, 3.63) is 77.4 Å². The molecule has 254 valence electrons. The number of anilines is 2. The molecule has 0 unspecified atom stereocenters. The fourth-order valence-corrected chi connectivity index (χ4v) is 8.46. The summed E-state index contributed by atoms with van der Waals surface area (Å²) < 4.78 is 33.5. The third-order valence-corrected chi connectivity index (χ3v) is 11.9. The molecule has 2 aliphatic heterocycles. The summed E-state index contributed by atoms with van der Waals surface area (Å²) in [6.07, 6.45) is 3.96. The van der Waals surface area contributed by atoms with E-state index in [1.54, 1.807) is 30.3 Å². The highest BCUT2D eigenvalue weighted by Crippen LogP contribution is 2.33. The highest BCUT2D eigenvalue weighted by atomic mass is 32.2. The Balaban J connectivity index is 1.20. The number of nitrogens with one attached hydrogen (secondary N) is 2. The molecule has 3 aromatic carbocycles. The summed E-state index contributed by atoms with van der Waals surface area (Å²) in [6, 6.07) is 18.2. The number of morpholine rings is 1. The summed E-state index contributed by atoms with van der Waals surface area (Å²) in [6.45, 7) is 4.24. The lowest BCUT2D eigenvalue weighted by Gasteiger charge is -2.28. The predicted octanol–water partition coefficient (Wildman–Crippen LogP) is 4.81. The van der Waals surface area contributed by atoms with Gasteiger partial charge >= 0.3 is 0 Å². The molecular formula is C37H44N4O6S. The second-order valence-corrected chi connectivity index (χ2v) is 15.2. The Morgan fingerprint density at radius 3 is 2.42 bits per heavy atom. The van der Waals surface area contributed by atoms with Gasteiger partial charge in [0.15, 0.2) is 5.78 Å². The number of hydrogen-bond donors (Lipinski definition) is 3. The maximum Gasteiger partial charge on any atom is 0.243 e. The number of ketones is 2. The summed E-state index contributed by atoms with van der Waals surface area (Å²) in [5, 5.41) is 6.06. The van der Waals surface area contributed by atoms with Crippen LogP contribution < -0.4 is 16.4 Å². The third kappa shape index (κ3) is 7.54. The van der Waals surface area contributed by atoms with Gasteiger partial charge in [0, 0.05) is 48.3 Å². The van der Waals surface area contributed by atoms with Crippen molar-refractivity contribution < 1.29 is 27.5 Å². The Morgan fingerprint density at radius 2 is 1.71 bits per heavy atom. The molecular weight excluding hydrogens is 628 g/mol. The fourth-order valence-electron chi connectivity index (χ4n) is 7.03. The minimum absolute atomic E-state index is 0.0137. The van der Waals surface area contributed by atoms with Gasteiger partial charge < -0.3 is 21.1 Å². The number of nitrogens with zero attached hydrogens (tertiary/aromatic N) is 1. The molecule has 1 saturated heterocycles. The summed E-state index contributed by atoms with van der Waals surface area (Å²) in [5.74, 6) is -0.330. The number of benzene rings is 3. The van der Waals surface area contributed by atoms with E-state index >= 15 is 0 Å². The first-order valence-corrected chi connectivity index (χ1v) is 18.3. The number of fused-ring (bicyclic) bond motifs is 1. The van der Waals surface area contributed by atoms with Gasteiger partial charge in [-0.1, -0.05) is 30.3 Å². The first-order chi connectivity index (χ1) is 23.1. The van der Waals surface area contributed by atoms with Crippen molar-refractivity contribution in [3.8, 4) is 11.1 Å². The van der Waals surface area contributed by atoms with E-state index in [0.29, 0.717) is 62.1 Å². The molecule has 1 amide bonds. The number of hydrogen-bond acceptors (Lipinski definition) is 8. The minimum atomic E-state index is -3.65. The van der Waals surface area contributed by atoms with E-state index in [4.69, 9.17) is 10.5 Å². The highest BCUT2D eigenvalue weighted by Gasteiger charge is 2.31. The van der Waals surface area contributed by atoms with E-state index in [1.165, 1.54) is 4.31 Å². The molecule has 2 fully saturated rings. The fraction of sp³-hybridized carbons (Fsp3) is 0.432. The molecule has 1 aliphatic carbocycles. The van der Waals surface area contributed by atoms with E-state index in [9.17, 15) is 22.8 Å². The summed E-state index contributed by atoms with van der Waals surface area (Å²) in [5.41, 5.74) is 11.3. The molecule has 3 aliphatic rings. The van der Waals surface area contributed by atoms with Crippen LogP contribution >= 0.6 is 0 Å². The molecule has 2 heterocycles. The lowest BCUT2D eigenvalue weighted by Crippen LogP contribution is -2.40. The zero-order valence-corrected chi connectivity index (χ0v) is 28.2. The van der Waals surface area contributed by atoms with E-state index in [-0.39, 0.29) is 41.3 Å². The zero-order valence-electron chi connectivity index (χ0n) is 27.4. The maximum absolute atomic E-state index is 13.8. The van der Waals surface area contributed by atoms with Crippen LogP contribution in [0.2, 0.25) is 0 Å². The molecule has 0 bridgehead atoms. The molecule has 1 saturated carbocycles. The molecule has 11 heteroatoms. The van der Waals surface area contributed by atoms with Gasteiger partial charge in [0.25, 0.3) is 0 Å². The number of sulfonamides is 1. The third-order valence-electron chi connectivity index (χ3n) is 10.0. The number of carbonyl (C=O) groups is 3. The zero-order chi connectivity index (χ0) is 33.8. The van der Waals surface area contributed by atoms with Gasteiger partial charge in [0.2, 0.25) is 15.9 Å². The Labute approximate surface area is 282 Å². The van der Waals surface area contributed by atoms with Gasteiger partial charge in [-0.3, -0.25) is 14.4 Å². The maximum atomic E-state index is 13.8. The van der Waals surface area contributed by atoms with Crippen molar-refractivity contribution in [2.24, 2.45) is 23.5 Å². The van der Waals surface area contributed by atoms with Crippen LogP contribution in [0, 0.1) is 24.7 Å². The van der Waals surface area contributed by atoms with Crippen molar-refractivity contribution in [2.45, 2.75) is 50.3 Å². The molecule has 10 nitrogen and oxygen atoms in total. The number of carbonyl (C=O) groups excluding carboxylic acids is 3. The lowest BCUT2D eigenvalue weighted by atomic mass is 9.77. The minimum Gasteiger partial charge on any atom is -0.379 e. The van der Waals surface area contributed by atoms with E-state index in [2.05, 4.69) is 10.6 Å². The molecule has 48 heavy (non-hydrogen) atoms. The average Bonchev–Trinajstić information content (AvgIpc) is 3.48. The number of aryl methyl sites for hydroxylation is 1. The van der Waals surface area contributed by atoms with Crippen LogP contribution in [-0.2, 0) is 30.8 Å². The Bertz CT molecular complexity index is 1780. The largest absolute Gasteiger partial charge is 0.379 e. The second-order valence-electron chi connectivity index (χ2n) is 13.2. The molecule has 6 rings (SSSR count). The van der Waals surface area contributed by atoms with E-state index < -0.39 is 15.9 Å². The van der Waals surface area contributed by atoms with Gasteiger partial charge in [-0.2, -0.15) is 4.31 Å². The first kappa shape index (κ1) is 34.0. The SMILES string of the molecule is Cc1ccc(S(=O)(=O)N2CCOCC2)cc1-c1ccc(C[C@H](CC(=O)C2CCC(CN)CC2)C(=O)Nc2ccc3c(c2)NCC3=O)cc1. The summed E-state index contributed by atoms with van der Waals surface area (Å²) in [4.78, 5) is 39.6. The van der Waals surface area contributed by atoms with Crippen LogP contribution in [0.5, 0.6) is 0 Å². The van der Waals surface area contributed by atoms with Crippen LogP contribution in [0.4, 0.5) is 11.4 Å². The van der Waals surface area contributed by atoms with Gasteiger partial charge in [-0.05, 0) is 104 Å². The van der Waals surface area contributed by atoms with Gasteiger partial charge in [0.1, 0.15) is 5.78 Å². The van der Waals surface area contributed by atoms with Gasteiger partial charge in [-0.15, -0.1) is 0 Å². The Morgan fingerprint density at radius 1 is 0.979 bits per heavy atom.